The lowest BCUT2D eigenvalue weighted by molar-refractivity contribution is -0.0848. The van der Waals surface area contributed by atoms with Crippen LogP contribution in [-0.4, -0.2) is 47.4 Å². The molecule has 23 heavy (non-hydrogen) atoms. The molecule has 2 N–H and O–H groups in total. The molecule has 0 radical (unpaired) electrons. The number of halogens is 1. The van der Waals surface area contributed by atoms with Gasteiger partial charge in [-0.2, -0.15) is 5.12 Å². The Labute approximate surface area is 143 Å². The monoisotopic (exact) mass is 378 g/mol. The zero-order chi connectivity index (χ0) is 15.4. The van der Waals surface area contributed by atoms with E-state index >= 15 is 0 Å². The summed E-state index contributed by atoms with van der Waals surface area (Å²) >= 11 is 3.50. The fraction of sp³-hybridized carbons (Fsp3) is 0.533. The van der Waals surface area contributed by atoms with E-state index in [-0.39, 0.29) is 5.60 Å². The molecule has 6 heterocycles. The molecule has 0 unspecified atom stereocenters. The maximum absolute atomic E-state index is 6.32. The van der Waals surface area contributed by atoms with Gasteiger partial charge < -0.3 is 10.1 Å². The summed E-state index contributed by atoms with van der Waals surface area (Å²) in [5.41, 5.74) is 3.16. The molecule has 1 atom stereocenters. The molecule has 5 aliphatic rings. The third-order valence-corrected chi connectivity index (χ3v) is 5.70. The molecule has 2 bridgehead atoms. The van der Waals surface area contributed by atoms with Gasteiger partial charge in [-0.25, -0.2) is 15.1 Å². The van der Waals surface area contributed by atoms with Gasteiger partial charge in [0.2, 0.25) is 0 Å². The lowest BCUT2D eigenvalue weighted by Crippen LogP contribution is -2.61. The van der Waals surface area contributed by atoms with Crippen molar-refractivity contribution in [3.05, 3.63) is 29.1 Å². The summed E-state index contributed by atoms with van der Waals surface area (Å²) in [6.45, 7) is 4.18. The Morgan fingerprint density at radius 2 is 2.26 bits per heavy atom. The average molecular weight is 379 g/mol. The number of piperidine rings is 3. The van der Waals surface area contributed by atoms with Gasteiger partial charge in [0.15, 0.2) is 0 Å². The number of hydrogen-bond donors (Lipinski definition) is 2. The van der Waals surface area contributed by atoms with E-state index in [1.807, 2.05) is 34.5 Å². The Bertz CT molecular complexity index is 692. The minimum Gasteiger partial charge on any atom is -0.454 e. The van der Waals surface area contributed by atoms with E-state index in [9.17, 15) is 0 Å². The summed E-state index contributed by atoms with van der Waals surface area (Å²) in [6.07, 6.45) is 8.23. The highest BCUT2D eigenvalue weighted by atomic mass is 79.9. The second kappa shape index (κ2) is 4.91. The van der Waals surface area contributed by atoms with Crippen molar-refractivity contribution in [1.82, 2.24) is 15.0 Å². The third-order valence-electron chi connectivity index (χ3n) is 5.27. The predicted molar refractivity (Wildman–Crippen MR) is 91.5 cm³/mol. The van der Waals surface area contributed by atoms with Crippen LogP contribution in [0.1, 0.15) is 12.8 Å². The zero-order valence-corrected chi connectivity index (χ0v) is 14.3. The summed E-state index contributed by atoms with van der Waals surface area (Å²) in [6, 6.07) is 2.63. The first-order chi connectivity index (χ1) is 11.2. The molecule has 1 aromatic heterocycles. The maximum atomic E-state index is 6.32. The number of hydrazine groups is 1. The Hall–Kier alpha value is -1.67. The molecule has 8 heteroatoms. The van der Waals surface area contributed by atoms with Gasteiger partial charge in [0.05, 0.1) is 12.7 Å². The molecule has 0 saturated carbocycles. The summed E-state index contributed by atoms with van der Waals surface area (Å²) in [7, 11) is 0. The lowest BCUT2D eigenvalue weighted by atomic mass is 9.75. The molecule has 1 spiro atoms. The molecule has 0 aliphatic carbocycles. The first-order valence-corrected chi connectivity index (χ1v) is 8.84. The van der Waals surface area contributed by atoms with E-state index in [4.69, 9.17) is 4.74 Å². The van der Waals surface area contributed by atoms with Gasteiger partial charge in [0.1, 0.15) is 11.4 Å². The molecular formula is C15H19BrN6O. The number of ether oxygens (including phenoxy) is 1. The molecule has 122 valence electrons. The minimum absolute atomic E-state index is 0.114. The molecule has 0 amide bonds. The summed E-state index contributed by atoms with van der Waals surface area (Å²) < 4.78 is 9.31. The number of aromatic nitrogens is 1. The SMILES string of the molecule is Brc1cc2n(c1)N(NC1=NC[C@@]3(CN4CCC3CC4)O1)C=CN2. The van der Waals surface area contributed by atoms with Crippen LogP contribution < -0.4 is 15.9 Å². The number of rotatable bonds is 1. The number of hydrogen-bond acceptors (Lipinski definition) is 6. The Morgan fingerprint density at radius 1 is 1.39 bits per heavy atom. The second-order valence-electron chi connectivity index (χ2n) is 6.64. The van der Waals surface area contributed by atoms with Crippen LogP contribution >= 0.6 is 15.9 Å². The fourth-order valence-electron chi connectivity index (χ4n) is 4.10. The molecule has 1 aromatic rings. The van der Waals surface area contributed by atoms with Crippen LogP contribution in [0.5, 0.6) is 0 Å². The van der Waals surface area contributed by atoms with Crippen LogP contribution in [0.15, 0.2) is 34.1 Å². The molecule has 0 aromatic carbocycles. The number of nitrogens with one attached hydrogen (secondary N) is 2. The quantitative estimate of drug-likeness (QED) is 0.774. The third kappa shape index (κ3) is 2.15. The highest BCUT2D eigenvalue weighted by Crippen LogP contribution is 2.40. The summed E-state index contributed by atoms with van der Waals surface area (Å²) in [5.74, 6) is 1.61. The van der Waals surface area contributed by atoms with Crippen molar-refractivity contribution in [2.24, 2.45) is 10.9 Å². The summed E-state index contributed by atoms with van der Waals surface area (Å²) in [5, 5.41) is 5.07. The normalized spacial score (nSPS) is 34.1. The van der Waals surface area contributed by atoms with Crippen molar-refractivity contribution in [1.29, 1.82) is 0 Å². The van der Waals surface area contributed by atoms with Crippen molar-refractivity contribution in [3.63, 3.8) is 0 Å². The van der Waals surface area contributed by atoms with E-state index in [0.29, 0.717) is 11.9 Å². The van der Waals surface area contributed by atoms with E-state index in [1.54, 1.807) is 0 Å². The van der Waals surface area contributed by atoms with Gasteiger partial charge in [-0.3, -0.25) is 4.90 Å². The number of nitrogens with zero attached hydrogens (tertiary/aromatic N) is 4. The fourth-order valence-corrected chi connectivity index (χ4v) is 4.51. The topological polar surface area (TPSA) is 57.1 Å². The van der Waals surface area contributed by atoms with Gasteiger partial charge >= 0.3 is 6.02 Å². The molecule has 6 rings (SSSR count). The van der Waals surface area contributed by atoms with Crippen LogP contribution in [0.3, 0.4) is 0 Å². The van der Waals surface area contributed by atoms with Gasteiger partial charge in [-0.05, 0) is 47.9 Å². The molecular weight excluding hydrogens is 360 g/mol. The van der Waals surface area contributed by atoms with Crippen molar-refractivity contribution in [2.75, 3.05) is 36.6 Å². The zero-order valence-electron chi connectivity index (χ0n) is 12.7. The standard InChI is InChI=1S/C15H19BrN6O/c16-12-7-13-17-3-6-22(21(13)8-12)19-14-18-9-15(23-14)10-20-4-1-11(15)2-5-20/h3,6-8,11,17H,1-2,4-5,9-10H2,(H,18,19)/t15-/m0/s1. The van der Waals surface area contributed by atoms with Gasteiger partial charge in [-0.15, -0.1) is 0 Å². The second-order valence-corrected chi connectivity index (χ2v) is 7.56. The number of anilines is 1. The van der Waals surface area contributed by atoms with E-state index < -0.39 is 0 Å². The van der Waals surface area contributed by atoms with Crippen LogP contribution in [0.25, 0.3) is 0 Å². The van der Waals surface area contributed by atoms with Gasteiger partial charge in [0.25, 0.3) is 0 Å². The Kier molecular flexibility index (Phi) is 2.93. The molecule has 3 saturated heterocycles. The first-order valence-electron chi connectivity index (χ1n) is 8.05. The van der Waals surface area contributed by atoms with Crippen LogP contribution in [0, 0.1) is 5.92 Å². The van der Waals surface area contributed by atoms with Crippen molar-refractivity contribution >= 4 is 27.8 Å². The first kappa shape index (κ1) is 13.7. The predicted octanol–water partition coefficient (Wildman–Crippen LogP) is 1.44. The van der Waals surface area contributed by atoms with E-state index in [2.05, 4.69) is 36.6 Å². The largest absolute Gasteiger partial charge is 0.454 e. The van der Waals surface area contributed by atoms with Crippen LogP contribution in [-0.2, 0) is 4.74 Å². The smallest absolute Gasteiger partial charge is 0.306 e. The Balaban J connectivity index is 1.33. The van der Waals surface area contributed by atoms with Gasteiger partial charge in [-0.1, -0.05) is 0 Å². The van der Waals surface area contributed by atoms with Crippen LogP contribution in [0.2, 0.25) is 0 Å². The van der Waals surface area contributed by atoms with E-state index in [0.717, 1.165) is 23.4 Å². The molecule has 3 fully saturated rings. The van der Waals surface area contributed by atoms with E-state index in [1.165, 1.54) is 25.9 Å². The minimum atomic E-state index is -0.114. The Morgan fingerprint density at radius 3 is 3.04 bits per heavy atom. The molecule has 7 nitrogen and oxygen atoms in total. The molecule has 5 aliphatic heterocycles. The number of amidine groups is 1. The maximum Gasteiger partial charge on any atom is 0.306 e. The van der Waals surface area contributed by atoms with Crippen LogP contribution in [0.4, 0.5) is 5.82 Å². The highest BCUT2D eigenvalue weighted by molar-refractivity contribution is 9.10. The number of aliphatic imine (C=N–C) groups is 1. The van der Waals surface area contributed by atoms with Crippen molar-refractivity contribution in [2.45, 2.75) is 18.4 Å². The van der Waals surface area contributed by atoms with Crippen molar-refractivity contribution < 1.29 is 4.74 Å². The highest BCUT2D eigenvalue weighted by Gasteiger charge is 2.51. The van der Waals surface area contributed by atoms with Gasteiger partial charge in [0, 0.05) is 29.3 Å². The van der Waals surface area contributed by atoms with Crippen molar-refractivity contribution in [3.8, 4) is 0 Å². The average Bonchev–Trinajstić information content (AvgIpc) is 3.12. The number of fused-ring (bicyclic) bond motifs is 3. The lowest BCUT2D eigenvalue weighted by Gasteiger charge is -2.50. The summed E-state index contributed by atoms with van der Waals surface area (Å²) in [4.78, 5) is 7.15.